The van der Waals surface area contributed by atoms with E-state index in [9.17, 15) is 0 Å². The SMILES string of the molecule is Clc1cc(-c2cccnc2)cc(-c2cnn(-c3ccccn3)c2)c1. The third-order valence-electron chi connectivity index (χ3n) is 3.69. The molecule has 4 aromatic rings. The van der Waals surface area contributed by atoms with E-state index in [0.717, 1.165) is 28.1 Å². The molecule has 0 atom stereocenters. The van der Waals surface area contributed by atoms with Gasteiger partial charge in [-0.2, -0.15) is 5.10 Å². The second-order valence-corrected chi connectivity index (χ2v) is 5.77. The molecule has 0 saturated carbocycles. The lowest BCUT2D eigenvalue weighted by molar-refractivity contribution is 0.847. The third kappa shape index (κ3) is 2.92. The summed E-state index contributed by atoms with van der Waals surface area (Å²) in [5.74, 6) is 0.776. The minimum Gasteiger partial charge on any atom is -0.264 e. The summed E-state index contributed by atoms with van der Waals surface area (Å²) in [6, 6.07) is 15.6. The molecule has 116 valence electrons. The molecule has 0 aliphatic carbocycles. The van der Waals surface area contributed by atoms with E-state index in [-0.39, 0.29) is 0 Å². The predicted molar refractivity (Wildman–Crippen MR) is 95.0 cm³/mol. The Labute approximate surface area is 144 Å². The van der Waals surface area contributed by atoms with Crippen LogP contribution < -0.4 is 0 Å². The Balaban J connectivity index is 1.75. The normalized spacial score (nSPS) is 10.7. The van der Waals surface area contributed by atoms with Crippen molar-refractivity contribution >= 4 is 11.6 Å². The molecule has 1 aromatic carbocycles. The monoisotopic (exact) mass is 332 g/mol. The summed E-state index contributed by atoms with van der Waals surface area (Å²) < 4.78 is 1.75. The van der Waals surface area contributed by atoms with Crippen molar-refractivity contribution in [2.75, 3.05) is 0 Å². The Hall–Kier alpha value is -2.98. The molecule has 5 heteroatoms. The van der Waals surface area contributed by atoms with E-state index in [1.54, 1.807) is 17.1 Å². The Morgan fingerprint density at radius 1 is 0.792 bits per heavy atom. The van der Waals surface area contributed by atoms with Crippen LogP contribution >= 0.6 is 11.6 Å². The van der Waals surface area contributed by atoms with Crippen LogP contribution in [0.4, 0.5) is 0 Å². The van der Waals surface area contributed by atoms with Crippen LogP contribution in [0.5, 0.6) is 0 Å². The van der Waals surface area contributed by atoms with Crippen LogP contribution in [-0.2, 0) is 0 Å². The first-order valence-electron chi connectivity index (χ1n) is 7.47. The average Bonchev–Trinajstić information content (AvgIpc) is 3.13. The average molecular weight is 333 g/mol. The Morgan fingerprint density at radius 3 is 2.42 bits per heavy atom. The van der Waals surface area contributed by atoms with Crippen molar-refractivity contribution in [3.8, 4) is 28.1 Å². The van der Waals surface area contributed by atoms with Crippen molar-refractivity contribution in [2.45, 2.75) is 0 Å². The maximum Gasteiger partial charge on any atom is 0.153 e. The first-order chi connectivity index (χ1) is 11.8. The fourth-order valence-corrected chi connectivity index (χ4v) is 2.78. The molecule has 0 unspecified atom stereocenters. The van der Waals surface area contributed by atoms with Crippen LogP contribution in [0.2, 0.25) is 5.02 Å². The topological polar surface area (TPSA) is 43.6 Å². The minimum absolute atomic E-state index is 0.678. The lowest BCUT2D eigenvalue weighted by atomic mass is 10.0. The van der Waals surface area contributed by atoms with Crippen molar-refractivity contribution < 1.29 is 0 Å². The predicted octanol–water partition coefficient (Wildman–Crippen LogP) is 4.65. The second-order valence-electron chi connectivity index (χ2n) is 5.33. The molecule has 0 bridgehead atoms. The standard InChI is InChI=1S/C19H13ClN4/c20-18-9-15(14-4-3-6-21-11-14)8-16(10-18)17-12-23-24(13-17)19-5-1-2-7-22-19/h1-13H. The zero-order valence-electron chi connectivity index (χ0n) is 12.7. The third-order valence-corrected chi connectivity index (χ3v) is 3.91. The lowest BCUT2D eigenvalue weighted by Crippen LogP contribution is -1.95. The number of pyridine rings is 2. The van der Waals surface area contributed by atoms with Gasteiger partial charge in [0.15, 0.2) is 5.82 Å². The van der Waals surface area contributed by atoms with E-state index in [2.05, 4.69) is 21.1 Å². The van der Waals surface area contributed by atoms with Gasteiger partial charge in [0.25, 0.3) is 0 Å². The minimum atomic E-state index is 0.678. The number of aromatic nitrogens is 4. The van der Waals surface area contributed by atoms with Gasteiger partial charge in [0, 0.05) is 40.9 Å². The molecule has 0 radical (unpaired) electrons. The Kier molecular flexibility index (Phi) is 3.81. The number of nitrogens with zero attached hydrogens (tertiary/aromatic N) is 4. The molecule has 4 rings (SSSR count). The maximum absolute atomic E-state index is 6.31. The number of hydrogen-bond donors (Lipinski definition) is 0. The van der Waals surface area contributed by atoms with Crippen molar-refractivity contribution in [3.63, 3.8) is 0 Å². The van der Waals surface area contributed by atoms with E-state index >= 15 is 0 Å². The van der Waals surface area contributed by atoms with Gasteiger partial charge < -0.3 is 0 Å². The van der Waals surface area contributed by atoms with E-state index in [4.69, 9.17) is 11.6 Å². The van der Waals surface area contributed by atoms with Crippen LogP contribution in [0.15, 0.2) is 79.5 Å². The molecule has 0 spiro atoms. The van der Waals surface area contributed by atoms with Gasteiger partial charge >= 0.3 is 0 Å². The molecule has 0 fully saturated rings. The molecule has 0 amide bonds. The van der Waals surface area contributed by atoms with Gasteiger partial charge in [-0.15, -0.1) is 0 Å². The number of hydrogen-bond acceptors (Lipinski definition) is 3. The second kappa shape index (κ2) is 6.26. The van der Waals surface area contributed by atoms with E-state index in [1.165, 1.54) is 0 Å². The van der Waals surface area contributed by atoms with Crippen molar-refractivity contribution in [3.05, 3.63) is 84.5 Å². The summed E-state index contributed by atoms with van der Waals surface area (Å²) in [6.07, 6.45) is 9.09. The van der Waals surface area contributed by atoms with Gasteiger partial charge in [-0.25, -0.2) is 9.67 Å². The Bertz CT molecular complexity index is 965. The zero-order valence-corrected chi connectivity index (χ0v) is 13.4. The van der Waals surface area contributed by atoms with Gasteiger partial charge in [0.1, 0.15) is 0 Å². The fraction of sp³-hybridized carbons (Fsp3) is 0. The molecule has 4 nitrogen and oxygen atoms in total. The van der Waals surface area contributed by atoms with Crippen LogP contribution in [0.25, 0.3) is 28.1 Å². The molecule has 3 aromatic heterocycles. The number of halogens is 1. The van der Waals surface area contributed by atoms with Crippen LogP contribution in [0.1, 0.15) is 0 Å². The highest BCUT2D eigenvalue weighted by Crippen LogP contribution is 2.30. The smallest absolute Gasteiger partial charge is 0.153 e. The van der Waals surface area contributed by atoms with Gasteiger partial charge in [-0.3, -0.25) is 4.98 Å². The van der Waals surface area contributed by atoms with Crippen molar-refractivity contribution in [2.24, 2.45) is 0 Å². The summed E-state index contributed by atoms with van der Waals surface area (Å²) in [6.45, 7) is 0. The highest BCUT2D eigenvalue weighted by molar-refractivity contribution is 6.31. The highest BCUT2D eigenvalue weighted by Gasteiger charge is 2.08. The summed E-state index contributed by atoms with van der Waals surface area (Å²) >= 11 is 6.31. The summed E-state index contributed by atoms with van der Waals surface area (Å²) in [7, 11) is 0. The molecule has 0 aliphatic rings. The number of benzene rings is 1. The van der Waals surface area contributed by atoms with Crippen LogP contribution in [0.3, 0.4) is 0 Å². The summed E-state index contributed by atoms with van der Waals surface area (Å²) in [5, 5.41) is 5.07. The molecular weight excluding hydrogens is 320 g/mol. The Morgan fingerprint density at radius 2 is 1.67 bits per heavy atom. The van der Waals surface area contributed by atoms with Gasteiger partial charge in [-0.05, 0) is 47.5 Å². The fourth-order valence-electron chi connectivity index (χ4n) is 2.54. The molecule has 0 N–H and O–H groups in total. The first kappa shape index (κ1) is 14.6. The molecule has 0 saturated heterocycles. The van der Waals surface area contributed by atoms with Gasteiger partial charge in [-0.1, -0.05) is 23.7 Å². The summed E-state index contributed by atoms with van der Waals surface area (Å²) in [5.41, 5.74) is 4.03. The van der Waals surface area contributed by atoms with Crippen LogP contribution in [-0.4, -0.2) is 19.7 Å². The number of rotatable bonds is 3. The van der Waals surface area contributed by atoms with Crippen molar-refractivity contribution in [1.29, 1.82) is 0 Å². The molecule has 24 heavy (non-hydrogen) atoms. The maximum atomic E-state index is 6.31. The molecule has 0 aliphatic heterocycles. The van der Waals surface area contributed by atoms with Crippen LogP contribution in [0, 0.1) is 0 Å². The van der Waals surface area contributed by atoms with E-state index in [0.29, 0.717) is 5.02 Å². The van der Waals surface area contributed by atoms with E-state index in [1.807, 2.05) is 61.1 Å². The van der Waals surface area contributed by atoms with E-state index < -0.39 is 0 Å². The van der Waals surface area contributed by atoms with Gasteiger partial charge in [0.2, 0.25) is 0 Å². The quantitative estimate of drug-likeness (QED) is 0.548. The lowest BCUT2D eigenvalue weighted by Gasteiger charge is -2.05. The molecular formula is C19H13ClN4. The van der Waals surface area contributed by atoms with Crippen molar-refractivity contribution in [1.82, 2.24) is 19.7 Å². The highest BCUT2D eigenvalue weighted by atomic mass is 35.5. The molecule has 3 heterocycles. The van der Waals surface area contributed by atoms with Gasteiger partial charge in [0.05, 0.1) is 6.20 Å². The summed E-state index contributed by atoms with van der Waals surface area (Å²) in [4.78, 5) is 8.47. The first-order valence-corrected chi connectivity index (χ1v) is 7.85. The zero-order chi connectivity index (χ0) is 16.4. The largest absolute Gasteiger partial charge is 0.264 e.